The molecule has 1 amide bonds. The van der Waals surface area contributed by atoms with Gasteiger partial charge in [0.2, 0.25) is 11.8 Å². The van der Waals surface area contributed by atoms with E-state index >= 15 is 0 Å². The minimum atomic E-state index is -0.829. The van der Waals surface area contributed by atoms with Crippen LogP contribution in [0.4, 0.5) is 5.88 Å². The molecule has 2 aromatic rings. The molecule has 0 aliphatic rings. The van der Waals surface area contributed by atoms with Crippen LogP contribution in [-0.2, 0) is 14.3 Å². The summed E-state index contributed by atoms with van der Waals surface area (Å²) in [4.78, 5) is 49.1. The van der Waals surface area contributed by atoms with E-state index in [9.17, 15) is 19.2 Å². The molecule has 0 aliphatic carbocycles. The van der Waals surface area contributed by atoms with Gasteiger partial charge in [-0.1, -0.05) is 11.6 Å². The zero-order valence-corrected chi connectivity index (χ0v) is 17.6. The van der Waals surface area contributed by atoms with Crippen molar-refractivity contribution in [1.29, 1.82) is 0 Å². The van der Waals surface area contributed by atoms with E-state index in [1.807, 2.05) is 0 Å². The molecule has 1 N–H and O–H groups in total. The first-order chi connectivity index (χ1) is 14.3. The Kier molecular flexibility index (Phi) is 8.17. The smallest absolute Gasteiger partial charge is 0.344 e. The molecule has 0 spiro atoms. The summed E-state index contributed by atoms with van der Waals surface area (Å²) in [5.74, 6) is -2.52. The van der Waals surface area contributed by atoms with Crippen molar-refractivity contribution in [3.63, 3.8) is 0 Å². The molecule has 30 heavy (non-hydrogen) atoms. The van der Waals surface area contributed by atoms with Crippen LogP contribution in [0.15, 0.2) is 28.7 Å². The van der Waals surface area contributed by atoms with Gasteiger partial charge in [-0.15, -0.1) is 0 Å². The van der Waals surface area contributed by atoms with Gasteiger partial charge in [-0.05, 0) is 45.0 Å². The van der Waals surface area contributed by atoms with Crippen LogP contribution in [0.25, 0.3) is 0 Å². The van der Waals surface area contributed by atoms with Crippen molar-refractivity contribution in [1.82, 2.24) is 0 Å². The number of halogens is 1. The van der Waals surface area contributed by atoms with E-state index in [4.69, 9.17) is 25.5 Å². The number of ketones is 1. The Hall–Kier alpha value is -3.13. The lowest BCUT2D eigenvalue weighted by Crippen LogP contribution is -2.18. The van der Waals surface area contributed by atoms with Crippen molar-refractivity contribution < 1.29 is 33.1 Å². The monoisotopic (exact) mass is 435 g/mol. The molecule has 0 fully saturated rings. The van der Waals surface area contributed by atoms with Crippen molar-refractivity contribution in [3.8, 4) is 0 Å². The molecular formula is C21H22ClNO7. The Morgan fingerprint density at radius 3 is 2.07 bits per heavy atom. The number of furan rings is 1. The number of rotatable bonds is 9. The third-order valence-electron chi connectivity index (χ3n) is 4.04. The van der Waals surface area contributed by atoms with Crippen LogP contribution >= 0.6 is 11.6 Å². The first-order valence-corrected chi connectivity index (χ1v) is 9.72. The van der Waals surface area contributed by atoms with Crippen LogP contribution in [0.5, 0.6) is 0 Å². The summed E-state index contributed by atoms with van der Waals surface area (Å²) in [6.07, 6.45) is -0.217. The third-order valence-corrected chi connectivity index (χ3v) is 4.29. The van der Waals surface area contributed by atoms with Gasteiger partial charge >= 0.3 is 11.9 Å². The fraction of sp³-hybridized carbons (Fsp3) is 0.333. The zero-order valence-electron chi connectivity index (χ0n) is 16.9. The van der Waals surface area contributed by atoms with E-state index in [0.29, 0.717) is 10.6 Å². The molecule has 0 atom stereocenters. The van der Waals surface area contributed by atoms with E-state index < -0.39 is 17.8 Å². The number of anilines is 1. The van der Waals surface area contributed by atoms with Crippen LogP contribution in [-0.4, -0.2) is 36.8 Å². The van der Waals surface area contributed by atoms with Gasteiger partial charge in [0.05, 0.1) is 13.2 Å². The third kappa shape index (κ3) is 5.70. The molecule has 8 nitrogen and oxygen atoms in total. The summed E-state index contributed by atoms with van der Waals surface area (Å²) in [5, 5.41) is 2.94. The predicted octanol–water partition coefficient (Wildman–Crippen LogP) is 4.20. The molecule has 0 bridgehead atoms. The highest BCUT2D eigenvalue weighted by Crippen LogP contribution is 2.29. The number of hydrogen-bond acceptors (Lipinski definition) is 7. The summed E-state index contributed by atoms with van der Waals surface area (Å²) in [6.45, 7) is 4.86. The number of esters is 2. The Balaban J connectivity index is 2.16. The van der Waals surface area contributed by atoms with Crippen LogP contribution in [0.3, 0.4) is 0 Å². The van der Waals surface area contributed by atoms with Gasteiger partial charge in [0.1, 0.15) is 16.9 Å². The summed E-state index contributed by atoms with van der Waals surface area (Å²) in [6, 6.07) is 6.32. The molecule has 2 rings (SSSR count). The number of amides is 1. The van der Waals surface area contributed by atoms with Crippen molar-refractivity contribution >= 4 is 41.1 Å². The lowest BCUT2D eigenvalue weighted by atomic mass is 10.1. The van der Waals surface area contributed by atoms with Gasteiger partial charge in [0.25, 0.3) is 0 Å². The summed E-state index contributed by atoms with van der Waals surface area (Å²) >= 11 is 5.80. The summed E-state index contributed by atoms with van der Waals surface area (Å²) < 4.78 is 15.4. The fourth-order valence-electron chi connectivity index (χ4n) is 2.68. The van der Waals surface area contributed by atoms with Gasteiger partial charge in [0, 0.05) is 23.4 Å². The Bertz CT molecular complexity index is 947. The van der Waals surface area contributed by atoms with Crippen molar-refractivity contribution in [2.75, 3.05) is 18.5 Å². The number of hydrogen-bond donors (Lipinski definition) is 1. The zero-order chi connectivity index (χ0) is 22.3. The van der Waals surface area contributed by atoms with Crippen molar-refractivity contribution in [2.24, 2.45) is 0 Å². The van der Waals surface area contributed by atoms with Crippen molar-refractivity contribution in [3.05, 3.63) is 51.7 Å². The highest BCUT2D eigenvalue weighted by molar-refractivity contribution is 6.30. The first-order valence-electron chi connectivity index (χ1n) is 9.34. The lowest BCUT2D eigenvalue weighted by Gasteiger charge is -2.07. The molecule has 0 aliphatic heterocycles. The molecule has 0 saturated carbocycles. The van der Waals surface area contributed by atoms with Gasteiger partial charge in [0.15, 0.2) is 5.78 Å². The number of Topliss-reactive ketones (excluding diaryl/α,β-unsaturated/α-hetero) is 1. The largest absolute Gasteiger partial charge is 0.462 e. The van der Waals surface area contributed by atoms with E-state index in [-0.39, 0.29) is 54.6 Å². The lowest BCUT2D eigenvalue weighted by molar-refractivity contribution is -0.116. The second kappa shape index (κ2) is 10.6. The summed E-state index contributed by atoms with van der Waals surface area (Å²) in [7, 11) is 0. The maximum absolute atomic E-state index is 12.4. The number of aryl methyl sites for hydroxylation is 1. The maximum atomic E-state index is 12.4. The van der Waals surface area contributed by atoms with Gasteiger partial charge < -0.3 is 13.9 Å². The van der Waals surface area contributed by atoms with Crippen LogP contribution < -0.4 is 5.32 Å². The van der Waals surface area contributed by atoms with Gasteiger partial charge in [-0.25, -0.2) is 9.59 Å². The van der Waals surface area contributed by atoms with Crippen molar-refractivity contribution in [2.45, 2.75) is 33.6 Å². The molecule has 1 heterocycles. The number of carbonyl (C=O) groups excluding carboxylic acids is 4. The normalized spacial score (nSPS) is 10.4. The van der Waals surface area contributed by atoms with Crippen LogP contribution in [0.2, 0.25) is 5.02 Å². The second-order valence-electron chi connectivity index (χ2n) is 6.16. The predicted molar refractivity (Wildman–Crippen MR) is 109 cm³/mol. The van der Waals surface area contributed by atoms with Crippen LogP contribution in [0.1, 0.15) is 63.5 Å². The molecular weight excluding hydrogens is 414 g/mol. The van der Waals surface area contributed by atoms with Gasteiger partial charge in [-0.2, -0.15) is 0 Å². The van der Waals surface area contributed by atoms with E-state index in [0.717, 1.165) is 0 Å². The Labute approximate surface area is 178 Å². The first kappa shape index (κ1) is 23.2. The molecule has 1 aromatic carbocycles. The molecule has 0 radical (unpaired) electrons. The maximum Gasteiger partial charge on any atom is 0.344 e. The molecule has 1 aromatic heterocycles. The number of carbonyl (C=O) groups is 4. The quantitative estimate of drug-likeness (QED) is 0.464. The standard InChI is InChI=1S/C21H22ClNO7/c1-4-28-20(26)17-12(3)30-19(18(17)21(27)29-5-2)23-16(25)11-10-15(24)13-6-8-14(22)9-7-13/h6-9H,4-5,10-11H2,1-3H3,(H,23,25). The molecule has 9 heteroatoms. The highest BCUT2D eigenvalue weighted by atomic mass is 35.5. The second-order valence-corrected chi connectivity index (χ2v) is 6.59. The van der Waals surface area contributed by atoms with Crippen LogP contribution in [0, 0.1) is 6.92 Å². The molecule has 0 unspecified atom stereocenters. The highest BCUT2D eigenvalue weighted by Gasteiger charge is 2.31. The minimum Gasteiger partial charge on any atom is -0.462 e. The number of nitrogens with one attached hydrogen (secondary N) is 1. The number of ether oxygens (including phenoxy) is 2. The van der Waals surface area contributed by atoms with E-state index in [1.54, 1.807) is 38.1 Å². The topological polar surface area (TPSA) is 112 Å². The van der Waals surface area contributed by atoms with Gasteiger partial charge in [-0.3, -0.25) is 14.9 Å². The average Bonchev–Trinajstić information content (AvgIpc) is 3.02. The minimum absolute atomic E-state index is 0.0629. The molecule has 0 saturated heterocycles. The SMILES string of the molecule is CCOC(=O)c1c(C)oc(NC(=O)CCC(=O)c2ccc(Cl)cc2)c1C(=O)OCC. The fourth-order valence-corrected chi connectivity index (χ4v) is 2.80. The average molecular weight is 436 g/mol. The summed E-state index contributed by atoms with van der Waals surface area (Å²) in [5.41, 5.74) is 0.103. The Morgan fingerprint density at radius 2 is 1.50 bits per heavy atom. The Morgan fingerprint density at radius 1 is 0.933 bits per heavy atom. The number of benzene rings is 1. The molecule has 160 valence electrons. The van der Waals surface area contributed by atoms with E-state index in [2.05, 4.69) is 5.32 Å². The van der Waals surface area contributed by atoms with E-state index in [1.165, 1.54) is 6.92 Å².